The van der Waals surface area contributed by atoms with Crippen LogP contribution in [0.15, 0.2) is 48.5 Å². The minimum atomic E-state index is 0.157. The first-order valence-corrected chi connectivity index (χ1v) is 10.8. The van der Waals surface area contributed by atoms with Crippen LogP contribution in [0.2, 0.25) is 10.0 Å². The van der Waals surface area contributed by atoms with E-state index in [9.17, 15) is 0 Å². The predicted octanol–water partition coefficient (Wildman–Crippen LogP) is 4.96. The highest BCUT2D eigenvalue weighted by molar-refractivity contribution is 6.32. The van der Waals surface area contributed by atoms with Crippen LogP contribution in [-0.4, -0.2) is 39.0 Å². The zero-order chi connectivity index (χ0) is 21.4. The molecule has 7 nitrogen and oxygen atoms in total. The van der Waals surface area contributed by atoms with Gasteiger partial charge in [-0.05, 0) is 37.1 Å². The quantitative estimate of drug-likeness (QED) is 0.442. The van der Waals surface area contributed by atoms with E-state index in [0.29, 0.717) is 50.8 Å². The molecule has 4 aromatic rings. The van der Waals surface area contributed by atoms with E-state index in [1.165, 1.54) is 0 Å². The Bertz CT molecular complexity index is 1230. The topological polar surface area (TPSA) is 90.9 Å². The number of ether oxygens (including phenoxy) is 1. The van der Waals surface area contributed by atoms with E-state index in [1.54, 1.807) is 10.7 Å². The molecule has 9 heteroatoms. The Labute approximate surface area is 189 Å². The van der Waals surface area contributed by atoms with Crippen LogP contribution in [0, 0.1) is 0 Å². The minimum absolute atomic E-state index is 0.157. The molecular formula is C22H20Cl2N6O. The average Bonchev–Trinajstić information content (AvgIpc) is 3.41. The standard InChI is InChI=1S/C22H20Cl2N6O/c23-14-9-7-13(8-10-14)19-18-20(25)30(17-6-2-1-5-16(17)24)29-21(18)28-22(27-19)26-12-15-4-3-11-31-15/h1-2,5-10,15H,3-4,11-12,25H2,(H,26,28,29)/t15-/m1/s1. The maximum Gasteiger partial charge on any atom is 0.225 e. The van der Waals surface area contributed by atoms with Crippen molar-refractivity contribution < 1.29 is 4.74 Å². The lowest BCUT2D eigenvalue weighted by Crippen LogP contribution is -2.19. The van der Waals surface area contributed by atoms with Crippen LogP contribution < -0.4 is 11.1 Å². The molecule has 158 valence electrons. The van der Waals surface area contributed by atoms with Crippen LogP contribution in [0.4, 0.5) is 11.8 Å². The van der Waals surface area contributed by atoms with Gasteiger partial charge in [0.05, 0.1) is 27.9 Å². The molecule has 3 heterocycles. The maximum absolute atomic E-state index is 6.53. The molecule has 3 N–H and O–H groups in total. The fourth-order valence-corrected chi connectivity index (χ4v) is 4.07. The van der Waals surface area contributed by atoms with Gasteiger partial charge in [-0.3, -0.25) is 0 Å². The number of para-hydroxylation sites is 1. The zero-order valence-corrected chi connectivity index (χ0v) is 18.1. The summed E-state index contributed by atoms with van der Waals surface area (Å²) in [6.45, 7) is 1.42. The molecule has 1 atom stereocenters. The third-order valence-electron chi connectivity index (χ3n) is 5.28. The summed E-state index contributed by atoms with van der Waals surface area (Å²) in [4.78, 5) is 9.38. The van der Waals surface area contributed by atoms with Gasteiger partial charge in [0.25, 0.3) is 0 Å². The lowest BCUT2D eigenvalue weighted by atomic mass is 10.1. The number of halogens is 2. The Kier molecular flexibility index (Phi) is 5.40. The highest BCUT2D eigenvalue weighted by Gasteiger charge is 2.21. The fraction of sp³-hybridized carbons (Fsp3) is 0.227. The molecule has 0 unspecified atom stereocenters. The summed E-state index contributed by atoms with van der Waals surface area (Å²) in [6.07, 6.45) is 2.25. The van der Waals surface area contributed by atoms with Gasteiger partial charge < -0.3 is 15.8 Å². The monoisotopic (exact) mass is 454 g/mol. The molecule has 1 aliphatic heterocycles. The normalized spacial score (nSPS) is 16.1. The summed E-state index contributed by atoms with van der Waals surface area (Å²) in [6, 6.07) is 14.8. The van der Waals surface area contributed by atoms with Crippen LogP contribution >= 0.6 is 23.2 Å². The second-order valence-corrected chi connectivity index (χ2v) is 8.21. The molecule has 0 amide bonds. The van der Waals surface area contributed by atoms with Gasteiger partial charge in [-0.25, -0.2) is 9.67 Å². The van der Waals surface area contributed by atoms with Gasteiger partial charge in [-0.15, -0.1) is 5.10 Å². The number of hydrogen-bond donors (Lipinski definition) is 2. The second-order valence-electron chi connectivity index (χ2n) is 7.37. The number of nitrogens with two attached hydrogens (primary N) is 1. The summed E-state index contributed by atoms with van der Waals surface area (Å²) in [5, 5.41) is 9.78. The number of nitrogen functional groups attached to an aromatic ring is 1. The minimum Gasteiger partial charge on any atom is -0.383 e. The highest BCUT2D eigenvalue weighted by atomic mass is 35.5. The van der Waals surface area contributed by atoms with Gasteiger partial charge in [0.2, 0.25) is 5.95 Å². The van der Waals surface area contributed by atoms with Crippen molar-refractivity contribution in [3.05, 3.63) is 58.6 Å². The molecule has 0 spiro atoms. The SMILES string of the molecule is Nc1c2c(-c3ccc(Cl)cc3)nc(NC[C@H]3CCCO3)nc2nn1-c1ccccc1Cl. The van der Waals surface area contributed by atoms with Gasteiger partial charge in [0.15, 0.2) is 5.65 Å². The zero-order valence-electron chi connectivity index (χ0n) is 16.6. The molecule has 2 aromatic heterocycles. The van der Waals surface area contributed by atoms with Crippen LogP contribution in [0.1, 0.15) is 12.8 Å². The number of rotatable bonds is 5. The third kappa shape index (κ3) is 3.92. The van der Waals surface area contributed by atoms with E-state index in [1.807, 2.05) is 42.5 Å². The highest BCUT2D eigenvalue weighted by Crippen LogP contribution is 2.34. The first kappa shape index (κ1) is 20.1. The average molecular weight is 455 g/mol. The number of nitrogens with zero attached hydrogens (tertiary/aromatic N) is 4. The second kappa shape index (κ2) is 8.34. The van der Waals surface area contributed by atoms with E-state index >= 15 is 0 Å². The molecule has 0 bridgehead atoms. The van der Waals surface area contributed by atoms with Crippen molar-refractivity contribution in [2.24, 2.45) is 0 Å². The summed E-state index contributed by atoms with van der Waals surface area (Å²) >= 11 is 12.5. The Hall–Kier alpha value is -2.87. The molecule has 1 aliphatic rings. The predicted molar refractivity (Wildman–Crippen MR) is 124 cm³/mol. The van der Waals surface area contributed by atoms with Gasteiger partial charge >= 0.3 is 0 Å². The molecule has 5 rings (SSSR count). The van der Waals surface area contributed by atoms with Gasteiger partial charge in [-0.2, -0.15) is 4.98 Å². The Balaban J connectivity index is 1.65. The summed E-state index contributed by atoms with van der Waals surface area (Å²) in [7, 11) is 0. The van der Waals surface area contributed by atoms with Crippen molar-refractivity contribution in [3.8, 4) is 16.9 Å². The van der Waals surface area contributed by atoms with E-state index in [2.05, 4.69) is 15.4 Å². The van der Waals surface area contributed by atoms with Crippen LogP contribution in [-0.2, 0) is 4.74 Å². The molecule has 0 radical (unpaired) electrons. The summed E-state index contributed by atoms with van der Waals surface area (Å²) in [5.41, 5.74) is 9.22. The van der Waals surface area contributed by atoms with Crippen molar-refractivity contribution in [1.29, 1.82) is 0 Å². The molecular weight excluding hydrogens is 435 g/mol. The van der Waals surface area contributed by atoms with E-state index in [-0.39, 0.29) is 6.10 Å². The van der Waals surface area contributed by atoms with Crippen molar-refractivity contribution in [3.63, 3.8) is 0 Å². The third-order valence-corrected chi connectivity index (χ3v) is 5.85. The summed E-state index contributed by atoms with van der Waals surface area (Å²) in [5.74, 6) is 0.885. The van der Waals surface area contributed by atoms with E-state index in [0.717, 1.165) is 25.0 Å². The van der Waals surface area contributed by atoms with Crippen molar-refractivity contribution in [1.82, 2.24) is 19.7 Å². The maximum atomic E-state index is 6.53. The smallest absolute Gasteiger partial charge is 0.225 e. The molecule has 1 fully saturated rings. The fourth-order valence-electron chi connectivity index (χ4n) is 3.72. The largest absolute Gasteiger partial charge is 0.383 e. The Morgan fingerprint density at radius 3 is 2.65 bits per heavy atom. The number of anilines is 2. The number of benzene rings is 2. The number of aromatic nitrogens is 4. The van der Waals surface area contributed by atoms with E-state index in [4.69, 9.17) is 38.7 Å². The van der Waals surface area contributed by atoms with Crippen molar-refractivity contribution in [2.45, 2.75) is 18.9 Å². The first-order valence-electron chi connectivity index (χ1n) is 10.0. The first-order chi connectivity index (χ1) is 15.1. The molecule has 0 aliphatic carbocycles. The van der Waals surface area contributed by atoms with Crippen molar-refractivity contribution >= 4 is 46.0 Å². The van der Waals surface area contributed by atoms with Gasteiger partial charge in [-0.1, -0.05) is 47.5 Å². The lowest BCUT2D eigenvalue weighted by molar-refractivity contribution is 0.120. The summed E-state index contributed by atoms with van der Waals surface area (Å²) < 4.78 is 7.30. The van der Waals surface area contributed by atoms with Crippen LogP contribution in [0.25, 0.3) is 28.0 Å². The molecule has 1 saturated heterocycles. The number of fused-ring (bicyclic) bond motifs is 1. The van der Waals surface area contributed by atoms with Crippen LogP contribution in [0.5, 0.6) is 0 Å². The Morgan fingerprint density at radius 1 is 1.10 bits per heavy atom. The molecule has 0 saturated carbocycles. The number of nitrogens with one attached hydrogen (secondary N) is 1. The van der Waals surface area contributed by atoms with Gasteiger partial charge in [0.1, 0.15) is 5.82 Å². The van der Waals surface area contributed by atoms with Crippen LogP contribution in [0.3, 0.4) is 0 Å². The van der Waals surface area contributed by atoms with Crippen molar-refractivity contribution in [2.75, 3.05) is 24.2 Å². The molecule has 31 heavy (non-hydrogen) atoms. The van der Waals surface area contributed by atoms with E-state index < -0.39 is 0 Å². The lowest BCUT2D eigenvalue weighted by Gasteiger charge is -2.12. The van der Waals surface area contributed by atoms with Gasteiger partial charge in [0, 0.05) is 23.7 Å². The Morgan fingerprint density at radius 2 is 1.90 bits per heavy atom. The molecule has 2 aromatic carbocycles. The number of hydrogen-bond acceptors (Lipinski definition) is 6.